The summed E-state index contributed by atoms with van der Waals surface area (Å²) in [4.78, 5) is 31.7. The Kier molecular flexibility index (Phi) is 6.26. The van der Waals surface area contributed by atoms with Crippen molar-refractivity contribution in [3.8, 4) is 28.8 Å². The Bertz CT molecular complexity index is 1920. The number of nitrogens with zero attached hydrogens (tertiary/aromatic N) is 4. The molecule has 8 heteroatoms. The minimum absolute atomic E-state index is 0.0316. The van der Waals surface area contributed by atoms with Crippen LogP contribution in [-0.4, -0.2) is 52.0 Å². The molecule has 1 fully saturated rings. The van der Waals surface area contributed by atoms with Crippen molar-refractivity contribution in [1.82, 2.24) is 19.9 Å². The third kappa shape index (κ3) is 4.95. The molecule has 7 rings (SSSR count). The fraction of sp³-hybridized carbons (Fsp3) is 0.152. The number of fused-ring (bicyclic) bond motifs is 2. The second-order valence-electron chi connectivity index (χ2n) is 10.2. The van der Waals surface area contributed by atoms with Crippen LogP contribution in [0.4, 0.5) is 5.69 Å². The highest BCUT2D eigenvalue weighted by atomic mass is 16.5. The van der Waals surface area contributed by atoms with Gasteiger partial charge in [0.2, 0.25) is 0 Å². The van der Waals surface area contributed by atoms with Gasteiger partial charge in [-0.3, -0.25) is 4.79 Å². The maximum Gasteiger partial charge on any atom is 0.167 e. The SMILES string of the molecule is N#Cc1ccc(-c2nc3ccc(CC(=O)c4ccc5nc(-c6ccc(N7CCOCC7)cc6)[nH]c5c4)cc3[nH]2)cc1. The largest absolute Gasteiger partial charge is 0.378 e. The smallest absolute Gasteiger partial charge is 0.167 e. The third-order valence-electron chi connectivity index (χ3n) is 7.52. The van der Waals surface area contributed by atoms with Crippen molar-refractivity contribution in [2.45, 2.75) is 6.42 Å². The maximum absolute atomic E-state index is 13.2. The number of Topliss-reactive ketones (excluding diaryl/α,β-unsaturated/α-hetero) is 1. The Labute approximate surface area is 236 Å². The molecule has 1 aliphatic rings. The molecule has 3 heterocycles. The van der Waals surface area contributed by atoms with Crippen LogP contribution < -0.4 is 4.90 Å². The quantitative estimate of drug-likeness (QED) is 0.255. The second kappa shape index (κ2) is 10.4. The van der Waals surface area contributed by atoms with E-state index in [2.05, 4.69) is 50.2 Å². The van der Waals surface area contributed by atoms with Crippen molar-refractivity contribution in [2.24, 2.45) is 0 Å². The third-order valence-corrected chi connectivity index (χ3v) is 7.52. The van der Waals surface area contributed by atoms with Gasteiger partial charge in [-0.25, -0.2) is 9.97 Å². The summed E-state index contributed by atoms with van der Waals surface area (Å²) in [6.45, 7) is 3.31. The Balaban J connectivity index is 1.08. The molecule has 200 valence electrons. The van der Waals surface area contributed by atoms with Crippen LogP contribution >= 0.6 is 0 Å². The van der Waals surface area contributed by atoms with Crippen LogP contribution in [-0.2, 0) is 11.2 Å². The molecule has 41 heavy (non-hydrogen) atoms. The fourth-order valence-corrected chi connectivity index (χ4v) is 5.26. The molecular formula is C33H26N6O2. The van der Waals surface area contributed by atoms with E-state index in [1.807, 2.05) is 48.5 Å². The first-order chi connectivity index (χ1) is 20.1. The number of carbonyl (C=O) groups is 1. The number of rotatable bonds is 6. The summed E-state index contributed by atoms with van der Waals surface area (Å²) < 4.78 is 5.45. The molecule has 0 radical (unpaired) electrons. The average Bonchev–Trinajstić information content (AvgIpc) is 3.65. The lowest BCUT2D eigenvalue weighted by atomic mass is 10.0. The van der Waals surface area contributed by atoms with E-state index in [0.29, 0.717) is 11.1 Å². The molecule has 0 spiro atoms. The number of morpholine rings is 1. The molecule has 2 aromatic heterocycles. The Hall–Kier alpha value is -5.26. The van der Waals surface area contributed by atoms with E-state index in [-0.39, 0.29) is 12.2 Å². The monoisotopic (exact) mass is 538 g/mol. The van der Waals surface area contributed by atoms with Crippen molar-refractivity contribution in [2.75, 3.05) is 31.2 Å². The van der Waals surface area contributed by atoms with Gasteiger partial charge in [0, 0.05) is 41.9 Å². The summed E-state index contributed by atoms with van der Waals surface area (Å²) in [5.74, 6) is 1.54. The predicted molar refractivity (Wildman–Crippen MR) is 159 cm³/mol. The fourth-order valence-electron chi connectivity index (χ4n) is 5.26. The number of nitriles is 1. The minimum Gasteiger partial charge on any atom is -0.378 e. The normalized spacial score (nSPS) is 13.5. The summed E-state index contributed by atoms with van der Waals surface area (Å²) in [7, 11) is 0. The van der Waals surface area contributed by atoms with Gasteiger partial charge in [-0.1, -0.05) is 6.07 Å². The number of carbonyl (C=O) groups excluding carboxylic acids is 1. The molecule has 2 N–H and O–H groups in total. The van der Waals surface area contributed by atoms with Crippen LogP contribution in [0.1, 0.15) is 21.5 Å². The van der Waals surface area contributed by atoms with Crippen molar-refractivity contribution in [3.63, 3.8) is 0 Å². The van der Waals surface area contributed by atoms with E-state index in [4.69, 9.17) is 15.0 Å². The first-order valence-electron chi connectivity index (χ1n) is 13.6. The number of ketones is 1. The first-order valence-corrected chi connectivity index (χ1v) is 13.6. The molecule has 8 nitrogen and oxygen atoms in total. The predicted octanol–water partition coefficient (Wildman–Crippen LogP) is 5.91. The summed E-state index contributed by atoms with van der Waals surface area (Å²) in [5.41, 5.74) is 8.57. The maximum atomic E-state index is 13.2. The molecule has 0 unspecified atom stereocenters. The van der Waals surface area contributed by atoms with E-state index in [9.17, 15) is 4.79 Å². The zero-order chi connectivity index (χ0) is 27.8. The van der Waals surface area contributed by atoms with E-state index < -0.39 is 0 Å². The number of benzene rings is 4. The number of ether oxygens (including phenoxy) is 1. The standard InChI is InChI=1S/C33H26N6O2/c34-20-21-1-4-23(5-2-21)32-35-27-11-3-22(17-29(27)37-32)18-31(40)25-8-12-28-30(19-25)38-33(36-28)24-6-9-26(10-7-24)39-13-15-41-16-14-39/h1-12,17,19H,13-16,18H2,(H,35,37)(H,36,38). The Morgan fingerprint density at radius 1 is 0.805 bits per heavy atom. The highest BCUT2D eigenvalue weighted by molar-refractivity contribution is 6.00. The number of aromatic nitrogens is 4. The van der Waals surface area contributed by atoms with Gasteiger partial charge in [0.1, 0.15) is 11.6 Å². The van der Waals surface area contributed by atoms with Crippen LogP contribution in [0.5, 0.6) is 0 Å². The van der Waals surface area contributed by atoms with Gasteiger partial charge < -0.3 is 19.6 Å². The summed E-state index contributed by atoms with van der Waals surface area (Å²) in [6, 6.07) is 29.3. The first kappa shape index (κ1) is 24.8. The van der Waals surface area contributed by atoms with Crippen LogP contribution in [0.2, 0.25) is 0 Å². The van der Waals surface area contributed by atoms with E-state index in [1.165, 1.54) is 5.69 Å². The van der Waals surface area contributed by atoms with Gasteiger partial charge in [0.05, 0.1) is 46.9 Å². The molecule has 0 saturated carbocycles. The number of nitrogens with one attached hydrogen (secondary N) is 2. The highest BCUT2D eigenvalue weighted by Crippen LogP contribution is 2.26. The molecule has 0 amide bonds. The molecule has 0 bridgehead atoms. The molecule has 0 atom stereocenters. The number of aromatic amines is 2. The molecule has 6 aromatic rings. The van der Waals surface area contributed by atoms with E-state index in [1.54, 1.807) is 12.1 Å². The van der Waals surface area contributed by atoms with Gasteiger partial charge in [-0.15, -0.1) is 0 Å². The van der Waals surface area contributed by atoms with Crippen molar-refractivity contribution < 1.29 is 9.53 Å². The van der Waals surface area contributed by atoms with E-state index >= 15 is 0 Å². The van der Waals surface area contributed by atoms with Gasteiger partial charge in [0.15, 0.2) is 5.78 Å². The highest BCUT2D eigenvalue weighted by Gasteiger charge is 2.14. The summed E-state index contributed by atoms with van der Waals surface area (Å²) in [6.07, 6.45) is 0.274. The lowest BCUT2D eigenvalue weighted by molar-refractivity contribution is 0.0993. The van der Waals surface area contributed by atoms with Crippen molar-refractivity contribution in [1.29, 1.82) is 5.26 Å². The lowest BCUT2D eigenvalue weighted by Gasteiger charge is -2.28. The number of hydrogen-bond acceptors (Lipinski definition) is 6. The average molecular weight is 539 g/mol. The Morgan fingerprint density at radius 2 is 1.41 bits per heavy atom. The Morgan fingerprint density at radius 3 is 2.07 bits per heavy atom. The van der Waals surface area contributed by atoms with Gasteiger partial charge in [-0.05, 0) is 84.4 Å². The summed E-state index contributed by atoms with van der Waals surface area (Å²) >= 11 is 0. The number of hydrogen-bond donors (Lipinski definition) is 2. The topological polar surface area (TPSA) is 111 Å². The zero-order valence-corrected chi connectivity index (χ0v) is 22.2. The van der Waals surface area contributed by atoms with Crippen LogP contribution in [0.15, 0.2) is 84.9 Å². The van der Waals surface area contributed by atoms with Crippen LogP contribution in [0, 0.1) is 11.3 Å². The van der Waals surface area contributed by atoms with E-state index in [0.717, 1.165) is 76.7 Å². The number of H-pyrrole nitrogens is 2. The zero-order valence-electron chi connectivity index (χ0n) is 22.2. The minimum atomic E-state index is 0.0316. The number of imidazole rings is 2. The molecule has 4 aromatic carbocycles. The molecular weight excluding hydrogens is 512 g/mol. The van der Waals surface area contributed by atoms with Gasteiger partial charge in [-0.2, -0.15) is 5.26 Å². The molecule has 1 aliphatic heterocycles. The molecule has 1 saturated heterocycles. The van der Waals surface area contributed by atoms with Gasteiger partial charge in [0.25, 0.3) is 0 Å². The second-order valence-corrected chi connectivity index (χ2v) is 10.2. The van der Waals surface area contributed by atoms with Crippen molar-refractivity contribution >= 4 is 33.5 Å². The number of anilines is 1. The van der Waals surface area contributed by atoms with Gasteiger partial charge >= 0.3 is 0 Å². The van der Waals surface area contributed by atoms with Crippen molar-refractivity contribution in [3.05, 3.63) is 102 Å². The van der Waals surface area contributed by atoms with Crippen LogP contribution in [0.3, 0.4) is 0 Å². The lowest BCUT2D eigenvalue weighted by Crippen LogP contribution is -2.36. The van der Waals surface area contributed by atoms with Crippen LogP contribution in [0.25, 0.3) is 44.8 Å². The summed E-state index contributed by atoms with van der Waals surface area (Å²) in [5, 5.41) is 9.03. The molecule has 0 aliphatic carbocycles.